The number of fused-ring (bicyclic) bond motifs is 3. The van der Waals surface area contributed by atoms with Crippen LogP contribution in [-0.4, -0.2) is 43.4 Å². The fourth-order valence-corrected chi connectivity index (χ4v) is 6.51. The monoisotopic (exact) mass is 516 g/mol. The summed E-state index contributed by atoms with van der Waals surface area (Å²) in [6.45, 7) is 5.15. The molecule has 3 aliphatic carbocycles. The van der Waals surface area contributed by atoms with E-state index in [4.69, 9.17) is 0 Å². The van der Waals surface area contributed by atoms with E-state index in [0.29, 0.717) is 30.4 Å². The van der Waals surface area contributed by atoms with Crippen LogP contribution in [0.5, 0.6) is 5.75 Å². The molecule has 0 amide bonds. The number of rotatable bonds is 5. The molecule has 7 nitrogen and oxygen atoms in total. The zero-order valence-electron chi connectivity index (χ0n) is 21.7. The zero-order chi connectivity index (χ0) is 27.5. The molecule has 0 aromatic heterocycles. The molecule has 0 saturated carbocycles. The van der Waals surface area contributed by atoms with Gasteiger partial charge in [-0.1, -0.05) is 50.2 Å². The van der Waals surface area contributed by atoms with Gasteiger partial charge in [0.1, 0.15) is 22.8 Å². The van der Waals surface area contributed by atoms with Gasteiger partial charge in [-0.25, -0.2) is 0 Å². The van der Waals surface area contributed by atoms with Crippen LogP contribution in [0, 0.1) is 11.8 Å². The Balaban J connectivity index is 1.62. The molecule has 0 aliphatic heterocycles. The molecule has 0 heterocycles. The van der Waals surface area contributed by atoms with Crippen LogP contribution in [-0.2, 0) is 28.9 Å². The van der Waals surface area contributed by atoms with Crippen molar-refractivity contribution < 1.29 is 34.8 Å². The molecule has 0 radical (unpaired) electrons. The Hall–Kier alpha value is -3.71. The first-order valence-corrected chi connectivity index (χ1v) is 13.1. The maximum atomic E-state index is 14.0. The molecule has 0 fully saturated rings. The maximum Gasteiger partial charge on any atom is 0.209 e. The third-order valence-corrected chi connectivity index (χ3v) is 8.43. The third kappa shape index (κ3) is 3.79. The second kappa shape index (κ2) is 9.24. The Morgan fingerprint density at radius 3 is 2.37 bits per heavy atom. The number of phenols is 1. The van der Waals surface area contributed by atoms with Crippen molar-refractivity contribution in [3.8, 4) is 5.75 Å². The van der Waals surface area contributed by atoms with Crippen LogP contribution in [0.4, 0.5) is 0 Å². The molecular formula is C31H32O7. The lowest BCUT2D eigenvalue weighted by atomic mass is 9.59. The van der Waals surface area contributed by atoms with E-state index in [2.05, 4.69) is 0 Å². The SMILES string of the molecule is CC(=O)C1=C(O)C[C@@H]2C[C@@H]3Cc4c(C(C)C)cc(CCc5ccccc5)c(O)c4C(=O)C3=C(O)[C@]2(O)C1=O. The highest BCUT2D eigenvalue weighted by molar-refractivity contribution is 6.25. The van der Waals surface area contributed by atoms with Gasteiger partial charge >= 0.3 is 0 Å². The van der Waals surface area contributed by atoms with Crippen molar-refractivity contribution in [2.45, 2.75) is 64.4 Å². The van der Waals surface area contributed by atoms with E-state index in [-0.39, 0.29) is 35.6 Å². The van der Waals surface area contributed by atoms with Crippen molar-refractivity contribution in [1.29, 1.82) is 0 Å². The number of carbonyl (C=O) groups excluding carboxylic acids is 3. The number of hydrogen-bond acceptors (Lipinski definition) is 7. The van der Waals surface area contributed by atoms with E-state index in [9.17, 15) is 34.8 Å². The van der Waals surface area contributed by atoms with Crippen molar-refractivity contribution in [3.05, 3.63) is 86.9 Å². The summed E-state index contributed by atoms with van der Waals surface area (Å²) in [6, 6.07) is 11.8. The largest absolute Gasteiger partial charge is 0.511 e. The van der Waals surface area contributed by atoms with Crippen molar-refractivity contribution in [1.82, 2.24) is 0 Å². The Kier molecular flexibility index (Phi) is 6.30. The average Bonchev–Trinajstić information content (AvgIpc) is 2.86. The Morgan fingerprint density at radius 2 is 1.74 bits per heavy atom. The van der Waals surface area contributed by atoms with Crippen molar-refractivity contribution >= 4 is 17.3 Å². The fourth-order valence-electron chi connectivity index (χ4n) is 6.51. The Labute approximate surface area is 221 Å². The zero-order valence-corrected chi connectivity index (χ0v) is 21.7. The standard InChI is InChI=1S/C31H32O7/c1-15(2)21-12-18(10-9-17-7-5-4-6-8-17)27(34)26-22(21)13-19-11-20-14-23(33)24(16(3)32)29(36)31(20,38)30(37)25(19)28(26)35/h4-8,12,15,19-20,33-34,37-38H,9-11,13-14H2,1-3H3/t19-,20+,31-/m1/s1. The maximum absolute atomic E-state index is 14.0. The summed E-state index contributed by atoms with van der Waals surface area (Å²) in [6.07, 6.45) is 1.50. The summed E-state index contributed by atoms with van der Waals surface area (Å²) < 4.78 is 0. The van der Waals surface area contributed by atoms with Crippen molar-refractivity contribution in [2.24, 2.45) is 11.8 Å². The molecule has 5 rings (SSSR count). The van der Waals surface area contributed by atoms with Crippen LogP contribution in [0.3, 0.4) is 0 Å². The highest BCUT2D eigenvalue weighted by atomic mass is 16.3. The first-order valence-electron chi connectivity index (χ1n) is 13.1. The molecular weight excluding hydrogens is 484 g/mol. The Morgan fingerprint density at radius 1 is 1.05 bits per heavy atom. The number of ketones is 3. The van der Waals surface area contributed by atoms with Crippen LogP contribution in [0.15, 0.2) is 59.1 Å². The molecule has 3 aliphatic rings. The van der Waals surface area contributed by atoms with Gasteiger partial charge in [-0.2, -0.15) is 0 Å². The predicted molar refractivity (Wildman–Crippen MR) is 140 cm³/mol. The predicted octanol–water partition coefficient (Wildman–Crippen LogP) is 4.59. The van der Waals surface area contributed by atoms with E-state index in [1.165, 1.54) is 0 Å². The quantitative estimate of drug-likeness (QED) is 0.427. The minimum Gasteiger partial charge on any atom is -0.511 e. The smallest absolute Gasteiger partial charge is 0.209 e. The molecule has 7 heteroatoms. The van der Waals surface area contributed by atoms with Gasteiger partial charge in [-0.05, 0) is 66.7 Å². The lowest BCUT2D eigenvalue weighted by Gasteiger charge is -2.46. The summed E-state index contributed by atoms with van der Waals surface area (Å²) >= 11 is 0. The number of aliphatic hydroxyl groups is 3. The number of aliphatic hydroxyl groups excluding tert-OH is 2. The molecule has 38 heavy (non-hydrogen) atoms. The van der Waals surface area contributed by atoms with Crippen LogP contribution >= 0.6 is 0 Å². The van der Waals surface area contributed by atoms with Crippen molar-refractivity contribution in [3.63, 3.8) is 0 Å². The minimum absolute atomic E-state index is 0.0636. The summed E-state index contributed by atoms with van der Waals surface area (Å²) in [4.78, 5) is 39.2. The van der Waals surface area contributed by atoms with E-state index in [1.54, 1.807) is 0 Å². The van der Waals surface area contributed by atoms with Gasteiger partial charge in [0, 0.05) is 17.9 Å². The van der Waals surface area contributed by atoms with E-state index < -0.39 is 51.9 Å². The van der Waals surface area contributed by atoms with Crippen LogP contribution < -0.4 is 0 Å². The molecule has 0 spiro atoms. The van der Waals surface area contributed by atoms with E-state index >= 15 is 0 Å². The Bertz CT molecular complexity index is 1430. The molecule has 2 aromatic carbocycles. The highest BCUT2D eigenvalue weighted by Crippen LogP contribution is 2.52. The van der Waals surface area contributed by atoms with Gasteiger partial charge in [-0.3, -0.25) is 14.4 Å². The number of aryl methyl sites for hydroxylation is 2. The lowest BCUT2D eigenvalue weighted by Crippen LogP contribution is -2.56. The van der Waals surface area contributed by atoms with E-state index in [0.717, 1.165) is 18.1 Å². The van der Waals surface area contributed by atoms with Crippen LogP contribution in [0.25, 0.3) is 0 Å². The summed E-state index contributed by atoms with van der Waals surface area (Å²) in [5, 5.41) is 44.5. The number of carbonyl (C=O) groups is 3. The average molecular weight is 517 g/mol. The summed E-state index contributed by atoms with van der Waals surface area (Å²) in [7, 11) is 0. The number of phenolic OH excluding ortho intramolecular Hbond substituents is 1. The molecule has 0 unspecified atom stereocenters. The second-order valence-corrected chi connectivity index (χ2v) is 11.1. The molecule has 198 valence electrons. The van der Waals surface area contributed by atoms with Gasteiger partial charge in [-0.15, -0.1) is 0 Å². The molecule has 4 N–H and O–H groups in total. The van der Waals surface area contributed by atoms with Gasteiger partial charge in [0.05, 0.1) is 5.56 Å². The van der Waals surface area contributed by atoms with Gasteiger partial charge in [0.2, 0.25) is 5.78 Å². The molecule has 3 atom stereocenters. The first-order chi connectivity index (χ1) is 18.0. The third-order valence-electron chi connectivity index (χ3n) is 8.43. The summed E-state index contributed by atoms with van der Waals surface area (Å²) in [5.41, 5.74) is 0.345. The first kappa shape index (κ1) is 25.9. The topological polar surface area (TPSA) is 132 Å². The van der Waals surface area contributed by atoms with Crippen molar-refractivity contribution in [2.75, 3.05) is 0 Å². The van der Waals surface area contributed by atoms with E-state index in [1.807, 2.05) is 50.2 Å². The second-order valence-electron chi connectivity index (χ2n) is 11.1. The van der Waals surface area contributed by atoms with Gasteiger partial charge in [0.15, 0.2) is 17.2 Å². The molecule has 2 aromatic rings. The van der Waals surface area contributed by atoms with Gasteiger partial charge < -0.3 is 20.4 Å². The van der Waals surface area contributed by atoms with Gasteiger partial charge in [0.25, 0.3) is 0 Å². The fraction of sp³-hybridized carbons (Fsp3) is 0.387. The summed E-state index contributed by atoms with van der Waals surface area (Å²) in [5.74, 6) is -5.08. The minimum atomic E-state index is -2.48. The number of allylic oxidation sites excluding steroid dienone is 2. The number of benzene rings is 2. The normalized spacial score (nSPS) is 24.9. The highest BCUT2D eigenvalue weighted by Gasteiger charge is 2.59. The van der Waals surface area contributed by atoms with Crippen LogP contribution in [0.1, 0.15) is 72.1 Å². The number of Topliss-reactive ketones (excluding diaryl/α,β-unsaturated/α-hetero) is 3. The lowest BCUT2D eigenvalue weighted by molar-refractivity contribution is -0.144. The number of aromatic hydroxyl groups is 1. The van der Waals surface area contributed by atoms with Crippen LogP contribution in [0.2, 0.25) is 0 Å². The number of hydrogen-bond donors (Lipinski definition) is 4. The molecule has 0 saturated heterocycles. The molecule has 0 bridgehead atoms.